The molecule has 144 valence electrons. The molecule has 2 aromatic carbocycles. The molecule has 0 bridgehead atoms. The standard InChI is InChI=1S/C20H23ClN2O4/c1-14(20(25)22-2)23(12-15-7-6-8-16(21)11-15)19(24)13-27-18-10-5-4-9-17(18)26-3/h4-11,14H,12-13H2,1-3H3,(H,22,25)/t14-/m0/s1. The zero-order valence-corrected chi connectivity index (χ0v) is 16.3. The van der Waals surface area contributed by atoms with Crippen molar-refractivity contribution in [2.24, 2.45) is 0 Å². The Hall–Kier alpha value is -2.73. The minimum absolute atomic E-state index is 0.220. The number of methoxy groups -OCH3 is 1. The van der Waals surface area contributed by atoms with Crippen molar-refractivity contribution in [1.82, 2.24) is 10.2 Å². The van der Waals surface area contributed by atoms with E-state index in [1.165, 1.54) is 19.1 Å². The van der Waals surface area contributed by atoms with Crippen LogP contribution >= 0.6 is 11.6 Å². The maximum Gasteiger partial charge on any atom is 0.261 e. The summed E-state index contributed by atoms with van der Waals surface area (Å²) in [6.07, 6.45) is 0. The van der Waals surface area contributed by atoms with Crippen LogP contribution in [0.5, 0.6) is 11.5 Å². The second-order valence-corrected chi connectivity index (χ2v) is 6.32. The van der Waals surface area contributed by atoms with Gasteiger partial charge in [-0.15, -0.1) is 0 Å². The molecule has 1 atom stereocenters. The van der Waals surface area contributed by atoms with Gasteiger partial charge in [-0.3, -0.25) is 9.59 Å². The zero-order valence-electron chi connectivity index (χ0n) is 15.6. The Morgan fingerprint density at radius 1 is 1.15 bits per heavy atom. The summed E-state index contributed by atoms with van der Waals surface area (Å²) in [6, 6.07) is 13.6. The van der Waals surface area contributed by atoms with Crippen LogP contribution in [0.15, 0.2) is 48.5 Å². The lowest BCUT2D eigenvalue weighted by atomic mass is 10.1. The van der Waals surface area contributed by atoms with Crippen molar-refractivity contribution < 1.29 is 19.1 Å². The minimum Gasteiger partial charge on any atom is -0.493 e. The van der Waals surface area contributed by atoms with Gasteiger partial charge in [0.2, 0.25) is 5.91 Å². The average Bonchev–Trinajstić information content (AvgIpc) is 2.69. The van der Waals surface area contributed by atoms with Crippen molar-refractivity contribution in [3.05, 3.63) is 59.1 Å². The fourth-order valence-electron chi connectivity index (χ4n) is 2.58. The Bertz CT molecular complexity index is 797. The molecule has 0 unspecified atom stereocenters. The number of halogens is 1. The van der Waals surface area contributed by atoms with Crippen LogP contribution in [0.1, 0.15) is 12.5 Å². The second kappa shape index (κ2) is 9.83. The molecule has 0 heterocycles. The SMILES string of the molecule is CNC(=O)[C@H](C)N(Cc1cccc(Cl)c1)C(=O)COc1ccccc1OC. The monoisotopic (exact) mass is 390 g/mol. The largest absolute Gasteiger partial charge is 0.493 e. The molecule has 0 spiro atoms. The number of nitrogens with zero attached hydrogens (tertiary/aromatic N) is 1. The van der Waals surface area contributed by atoms with E-state index < -0.39 is 6.04 Å². The molecule has 0 radical (unpaired) electrons. The Labute approximate surface area is 164 Å². The van der Waals surface area contributed by atoms with Crippen molar-refractivity contribution in [2.45, 2.75) is 19.5 Å². The van der Waals surface area contributed by atoms with Crippen molar-refractivity contribution >= 4 is 23.4 Å². The summed E-state index contributed by atoms with van der Waals surface area (Å²) in [4.78, 5) is 26.4. The van der Waals surface area contributed by atoms with Gasteiger partial charge in [-0.2, -0.15) is 0 Å². The molecular formula is C20H23ClN2O4. The number of carbonyl (C=O) groups excluding carboxylic acids is 2. The van der Waals surface area contributed by atoms with Crippen LogP contribution in [0.25, 0.3) is 0 Å². The van der Waals surface area contributed by atoms with Gasteiger partial charge in [0, 0.05) is 18.6 Å². The number of carbonyl (C=O) groups is 2. The summed E-state index contributed by atoms with van der Waals surface area (Å²) < 4.78 is 10.8. The molecule has 0 saturated carbocycles. The summed E-state index contributed by atoms with van der Waals surface area (Å²) in [5, 5.41) is 3.14. The number of benzene rings is 2. The minimum atomic E-state index is -0.664. The molecule has 0 aliphatic carbocycles. The molecule has 1 N–H and O–H groups in total. The van der Waals surface area contributed by atoms with Gasteiger partial charge < -0.3 is 19.7 Å². The number of hydrogen-bond acceptors (Lipinski definition) is 4. The summed E-state index contributed by atoms with van der Waals surface area (Å²) in [5.74, 6) is 0.411. The lowest BCUT2D eigenvalue weighted by Crippen LogP contribution is -2.48. The van der Waals surface area contributed by atoms with E-state index in [2.05, 4.69) is 5.32 Å². The van der Waals surface area contributed by atoms with E-state index in [0.717, 1.165) is 5.56 Å². The number of ether oxygens (including phenoxy) is 2. The number of nitrogens with one attached hydrogen (secondary N) is 1. The maximum absolute atomic E-state index is 12.8. The Kier molecular flexibility index (Phi) is 7.49. The normalized spacial score (nSPS) is 11.4. The summed E-state index contributed by atoms with van der Waals surface area (Å²) in [5.41, 5.74) is 0.823. The zero-order chi connectivity index (χ0) is 19.8. The number of rotatable bonds is 8. The van der Waals surface area contributed by atoms with E-state index >= 15 is 0 Å². The van der Waals surface area contributed by atoms with E-state index in [4.69, 9.17) is 21.1 Å². The predicted octanol–water partition coefficient (Wildman–Crippen LogP) is 2.89. The Morgan fingerprint density at radius 3 is 2.48 bits per heavy atom. The highest BCUT2D eigenvalue weighted by Crippen LogP contribution is 2.26. The third kappa shape index (κ3) is 5.62. The molecule has 0 fully saturated rings. The molecular weight excluding hydrogens is 368 g/mol. The van der Waals surface area contributed by atoms with Gasteiger partial charge in [0.15, 0.2) is 18.1 Å². The van der Waals surface area contributed by atoms with E-state index in [1.54, 1.807) is 43.3 Å². The Morgan fingerprint density at radius 2 is 1.85 bits per heavy atom. The van der Waals surface area contributed by atoms with Crippen LogP contribution in [0.2, 0.25) is 5.02 Å². The van der Waals surface area contributed by atoms with Gasteiger partial charge in [-0.25, -0.2) is 0 Å². The van der Waals surface area contributed by atoms with Gasteiger partial charge in [-0.1, -0.05) is 35.9 Å². The van der Waals surface area contributed by atoms with Crippen LogP contribution in [-0.2, 0) is 16.1 Å². The fraction of sp³-hybridized carbons (Fsp3) is 0.300. The first-order valence-electron chi connectivity index (χ1n) is 8.47. The van der Waals surface area contributed by atoms with Crippen molar-refractivity contribution in [1.29, 1.82) is 0 Å². The van der Waals surface area contributed by atoms with E-state index in [1.807, 2.05) is 12.1 Å². The molecule has 0 aromatic heterocycles. The van der Waals surface area contributed by atoms with Crippen LogP contribution in [-0.4, -0.2) is 43.5 Å². The molecule has 27 heavy (non-hydrogen) atoms. The van der Waals surface area contributed by atoms with E-state index in [9.17, 15) is 9.59 Å². The van der Waals surface area contributed by atoms with Gasteiger partial charge in [0.25, 0.3) is 5.91 Å². The highest BCUT2D eigenvalue weighted by atomic mass is 35.5. The van der Waals surface area contributed by atoms with Crippen LogP contribution in [0.3, 0.4) is 0 Å². The first-order chi connectivity index (χ1) is 13.0. The average molecular weight is 391 g/mol. The van der Waals surface area contributed by atoms with Crippen molar-refractivity contribution in [2.75, 3.05) is 20.8 Å². The van der Waals surface area contributed by atoms with Crippen molar-refractivity contribution in [3.63, 3.8) is 0 Å². The fourth-order valence-corrected chi connectivity index (χ4v) is 2.80. The third-order valence-electron chi connectivity index (χ3n) is 4.08. The number of hydrogen-bond donors (Lipinski definition) is 1. The number of likely N-dealkylation sites (N-methyl/N-ethyl adjacent to an activating group) is 1. The highest BCUT2D eigenvalue weighted by molar-refractivity contribution is 6.30. The predicted molar refractivity (Wildman–Crippen MR) is 104 cm³/mol. The van der Waals surface area contributed by atoms with Crippen molar-refractivity contribution in [3.8, 4) is 11.5 Å². The van der Waals surface area contributed by atoms with Gasteiger partial charge in [-0.05, 0) is 36.8 Å². The van der Waals surface area contributed by atoms with Gasteiger partial charge in [0.05, 0.1) is 7.11 Å². The quantitative estimate of drug-likeness (QED) is 0.752. The first kappa shape index (κ1) is 20.6. The molecule has 0 aliphatic heterocycles. The highest BCUT2D eigenvalue weighted by Gasteiger charge is 2.26. The number of amides is 2. The molecule has 7 heteroatoms. The van der Waals surface area contributed by atoms with E-state index in [-0.39, 0.29) is 25.0 Å². The molecule has 6 nitrogen and oxygen atoms in total. The Balaban J connectivity index is 2.16. The lowest BCUT2D eigenvalue weighted by Gasteiger charge is -2.28. The molecule has 2 rings (SSSR count). The van der Waals surface area contributed by atoms with Gasteiger partial charge >= 0.3 is 0 Å². The number of para-hydroxylation sites is 2. The molecule has 2 aromatic rings. The first-order valence-corrected chi connectivity index (χ1v) is 8.85. The second-order valence-electron chi connectivity index (χ2n) is 5.88. The topological polar surface area (TPSA) is 67.9 Å². The lowest BCUT2D eigenvalue weighted by molar-refractivity contribution is -0.142. The molecule has 2 amide bonds. The van der Waals surface area contributed by atoms with Crippen LogP contribution in [0, 0.1) is 0 Å². The summed E-state index contributed by atoms with van der Waals surface area (Å²) >= 11 is 6.03. The van der Waals surface area contributed by atoms with Crippen LogP contribution in [0.4, 0.5) is 0 Å². The molecule has 0 aliphatic rings. The van der Waals surface area contributed by atoms with E-state index in [0.29, 0.717) is 16.5 Å². The van der Waals surface area contributed by atoms with Gasteiger partial charge in [0.1, 0.15) is 6.04 Å². The van der Waals surface area contributed by atoms with Crippen LogP contribution < -0.4 is 14.8 Å². The maximum atomic E-state index is 12.8. The summed E-state index contributed by atoms with van der Waals surface area (Å²) in [6.45, 7) is 1.69. The summed E-state index contributed by atoms with van der Waals surface area (Å²) in [7, 11) is 3.06. The third-order valence-corrected chi connectivity index (χ3v) is 4.31. The smallest absolute Gasteiger partial charge is 0.261 e. The molecule has 0 saturated heterocycles.